The summed E-state index contributed by atoms with van der Waals surface area (Å²) in [6.07, 6.45) is 6.81. The van der Waals surface area contributed by atoms with E-state index in [0.717, 1.165) is 33.5 Å². The highest BCUT2D eigenvalue weighted by atomic mass is 19.1. The summed E-state index contributed by atoms with van der Waals surface area (Å²) >= 11 is 0. The lowest BCUT2D eigenvalue weighted by atomic mass is 10.1. The van der Waals surface area contributed by atoms with E-state index in [1.165, 1.54) is 12.3 Å². The summed E-state index contributed by atoms with van der Waals surface area (Å²) in [5.41, 5.74) is 4.88. The summed E-state index contributed by atoms with van der Waals surface area (Å²) in [7, 11) is 3.24. The Bertz CT molecular complexity index is 1390. The molecule has 5 aromatic heterocycles. The van der Waals surface area contributed by atoms with Gasteiger partial charge in [-0.2, -0.15) is 9.49 Å². The topological polar surface area (TPSA) is 79.4 Å². The molecule has 0 spiro atoms. The van der Waals surface area contributed by atoms with E-state index in [9.17, 15) is 4.39 Å². The molecule has 5 heterocycles. The zero-order chi connectivity index (χ0) is 21.4. The lowest BCUT2D eigenvalue weighted by molar-refractivity contribution is 0.175. The summed E-state index contributed by atoms with van der Waals surface area (Å²) in [5, 5.41) is 4.35. The Kier molecular flexibility index (Phi) is 4.79. The molecule has 0 radical (unpaired) electrons. The van der Waals surface area contributed by atoms with Crippen molar-refractivity contribution in [3.63, 3.8) is 0 Å². The second-order valence-electron chi connectivity index (χ2n) is 7.02. The zero-order valence-corrected chi connectivity index (χ0v) is 17.0. The molecule has 0 unspecified atom stereocenters. The van der Waals surface area contributed by atoms with Gasteiger partial charge in [0, 0.05) is 49.4 Å². The van der Waals surface area contributed by atoms with Crippen LogP contribution in [-0.2, 0) is 17.9 Å². The van der Waals surface area contributed by atoms with Gasteiger partial charge in [0.1, 0.15) is 23.7 Å². The summed E-state index contributed by atoms with van der Waals surface area (Å²) < 4.78 is 28.2. The molecule has 5 rings (SSSR count). The van der Waals surface area contributed by atoms with Crippen LogP contribution >= 0.6 is 0 Å². The van der Waals surface area contributed by atoms with E-state index in [1.54, 1.807) is 37.2 Å². The van der Waals surface area contributed by atoms with Crippen LogP contribution in [0.15, 0.2) is 55.1 Å². The third-order valence-electron chi connectivity index (χ3n) is 5.14. The quantitative estimate of drug-likeness (QED) is 0.393. The predicted octanol–water partition coefficient (Wildman–Crippen LogP) is 3.48. The second-order valence-corrected chi connectivity index (χ2v) is 7.02. The van der Waals surface area contributed by atoms with Crippen LogP contribution in [0, 0.1) is 5.95 Å². The van der Waals surface area contributed by atoms with Gasteiger partial charge in [-0.1, -0.05) is 0 Å². The minimum Gasteiger partial charge on any atom is -0.494 e. The molecule has 0 saturated heterocycles. The maximum atomic E-state index is 13.6. The molecule has 0 bridgehead atoms. The van der Waals surface area contributed by atoms with Gasteiger partial charge >= 0.3 is 0 Å². The Balaban J connectivity index is 1.67. The minimum atomic E-state index is -0.520. The molecular weight excluding hydrogens is 399 g/mol. The van der Waals surface area contributed by atoms with E-state index in [-0.39, 0.29) is 0 Å². The Morgan fingerprint density at radius 1 is 1.06 bits per heavy atom. The van der Waals surface area contributed by atoms with Gasteiger partial charge in [0.25, 0.3) is 0 Å². The van der Waals surface area contributed by atoms with Crippen molar-refractivity contribution in [2.45, 2.75) is 13.2 Å². The summed E-state index contributed by atoms with van der Waals surface area (Å²) in [4.78, 5) is 12.8. The molecule has 0 aliphatic heterocycles. The second kappa shape index (κ2) is 7.77. The van der Waals surface area contributed by atoms with Gasteiger partial charge in [0.05, 0.1) is 18.8 Å². The molecule has 5 aromatic rings. The van der Waals surface area contributed by atoms with E-state index in [0.29, 0.717) is 24.6 Å². The van der Waals surface area contributed by atoms with E-state index < -0.39 is 5.95 Å². The first-order valence-corrected chi connectivity index (χ1v) is 9.63. The number of nitrogens with zero attached hydrogens (tertiary/aromatic N) is 6. The largest absolute Gasteiger partial charge is 0.494 e. The molecule has 0 saturated carbocycles. The normalized spacial score (nSPS) is 11.5. The molecule has 8 nitrogen and oxygen atoms in total. The molecule has 0 aliphatic carbocycles. The zero-order valence-electron chi connectivity index (χ0n) is 17.0. The Morgan fingerprint density at radius 2 is 1.97 bits per heavy atom. The van der Waals surface area contributed by atoms with Crippen molar-refractivity contribution in [3.8, 4) is 16.9 Å². The smallest absolute Gasteiger partial charge is 0.213 e. The number of ether oxygens (including phenoxy) is 2. The van der Waals surface area contributed by atoms with Crippen molar-refractivity contribution in [1.82, 2.24) is 29.1 Å². The fourth-order valence-corrected chi connectivity index (χ4v) is 3.75. The van der Waals surface area contributed by atoms with Crippen LogP contribution in [0.5, 0.6) is 5.75 Å². The first kappa shape index (κ1) is 19.1. The van der Waals surface area contributed by atoms with Gasteiger partial charge in [-0.15, -0.1) is 0 Å². The number of imidazole rings is 1. The van der Waals surface area contributed by atoms with Crippen LogP contribution in [0.3, 0.4) is 0 Å². The molecule has 0 fully saturated rings. The standard InChI is InChI=1S/C22H19FN6O2/c1-30-13-20-27-22-17(28(20)12-14-3-6-24-19(23)9-14)10-15(11-25-22)16-5-8-29-21(16)18(31-2)4-7-26-29/h3-11H,12-13H2,1-2H3. The summed E-state index contributed by atoms with van der Waals surface area (Å²) in [6, 6.07) is 9.01. The number of fused-ring (bicyclic) bond motifs is 2. The molecule has 0 N–H and O–H groups in total. The predicted molar refractivity (Wildman–Crippen MR) is 112 cm³/mol. The third kappa shape index (κ3) is 3.38. The SMILES string of the molecule is COCc1nc2ncc(-c3ccn4nccc(OC)c34)cc2n1Cc1ccnc(F)c1. The Hall–Kier alpha value is -3.85. The van der Waals surface area contributed by atoms with Crippen molar-refractivity contribution in [3.05, 3.63) is 72.5 Å². The lowest BCUT2D eigenvalue weighted by Gasteiger charge is -2.10. The minimum absolute atomic E-state index is 0.312. The van der Waals surface area contributed by atoms with Crippen LogP contribution in [0.1, 0.15) is 11.4 Å². The maximum absolute atomic E-state index is 13.6. The van der Waals surface area contributed by atoms with E-state index in [2.05, 4.69) is 20.1 Å². The van der Waals surface area contributed by atoms with Crippen LogP contribution < -0.4 is 4.74 Å². The number of hydrogen-bond acceptors (Lipinski definition) is 6. The number of methoxy groups -OCH3 is 2. The molecule has 0 aromatic carbocycles. The molecule has 0 aliphatic rings. The van der Waals surface area contributed by atoms with Gasteiger partial charge < -0.3 is 14.0 Å². The van der Waals surface area contributed by atoms with E-state index in [4.69, 9.17) is 9.47 Å². The highest BCUT2D eigenvalue weighted by Crippen LogP contribution is 2.32. The third-order valence-corrected chi connectivity index (χ3v) is 5.14. The molecule has 0 atom stereocenters. The number of rotatable bonds is 6. The van der Waals surface area contributed by atoms with Crippen molar-refractivity contribution in [1.29, 1.82) is 0 Å². The molecule has 156 valence electrons. The van der Waals surface area contributed by atoms with Crippen LogP contribution in [0.2, 0.25) is 0 Å². The average molecular weight is 418 g/mol. The molecule has 0 amide bonds. The van der Waals surface area contributed by atoms with Crippen molar-refractivity contribution in [2.75, 3.05) is 14.2 Å². The molecule has 31 heavy (non-hydrogen) atoms. The van der Waals surface area contributed by atoms with Crippen LogP contribution in [0.4, 0.5) is 4.39 Å². The Morgan fingerprint density at radius 3 is 2.77 bits per heavy atom. The van der Waals surface area contributed by atoms with Crippen LogP contribution in [0.25, 0.3) is 27.8 Å². The van der Waals surface area contributed by atoms with Gasteiger partial charge in [-0.3, -0.25) is 0 Å². The molecule has 9 heteroatoms. The fourth-order valence-electron chi connectivity index (χ4n) is 3.75. The first-order chi connectivity index (χ1) is 15.2. The van der Waals surface area contributed by atoms with Gasteiger partial charge in [0.2, 0.25) is 5.95 Å². The number of aromatic nitrogens is 6. The number of pyridine rings is 2. The van der Waals surface area contributed by atoms with E-state index >= 15 is 0 Å². The average Bonchev–Trinajstić information content (AvgIpc) is 3.35. The number of halogens is 1. The monoisotopic (exact) mass is 418 g/mol. The Labute approximate surface area is 176 Å². The van der Waals surface area contributed by atoms with Crippen LogP contribution in [-0.4, -0.2) is 43.4 Å². The highest BCUT2D eigenvalue weighted by Gasteiger charge is 2.16. The fraction of sp³-hybridized carbons (Fsp3) is 0.182. The van der Waals surface area contributed by atoms with Gasteiger partial charge in [-0.05, 0) is 29.8 Å². The first-order valence-electron chi connectivity index (χ1n) is 9.63. The summed E-state index contributed by atoms with van der Waals surface area (Å²) in [5.74, 6) is 0.908. The van der Waals surface area contributed by atoms with Crippen molar-refractivity contribution in [2.24, 2.45) is 0 Å². The number of hydrogen-bond donors (Lipinski definition) is 0. The molecular formula is C22H19FN6O2. The van der Waals surface area contributed by atoms with Gasteiger partial charge in [-0.25, -0.2) is 19.5 Å². The van der Waals surface area contributed by atoms with E-state index in [1.807, 2.05) is 29.0 Å². The van der Waals surface area contributed by atoms with Crippen molar-refractivity contribution >= 4 is 16.7 Å². The van der Waals surface area contributed by atoms with Crippen molar-refractivity contribution < 1.29 is 13.9 Å². The summed E-state index contributed by atoms with van der Waals surface area (Å²) in [6.45, 7) is 0.729. The highest BCUT2D eigenvalue weighted by molar-refractivity contribution is 5.88. The van der Waals surface area contributed by atoms with Gasteiger partial charge in [0.15, 0.2) is 5.65 Å². The lowest BCUT2D eigenvalue weighted by Crippen LogP contribution is -2.06. The maximum Gasteiger partial charge on any atom is 0.213 e.